The molecule has 37 heavy (non-hydrogen) atoms. The number of piperidine rings is 1. The lowest BCUT2D eigenvalue weighted by atomic mass is 9.59. The minimum atomic E-state index is 0.0368. The Morgan fingerprint density at radius 2 is 1.86 bits per heavy atom. The van der Waals surface area contributed by atoms with E-state index >= 15 is 0 Å². The number of fused-ring (bicyclic) bond motifs is 4. The van der Waals surface area contributed by atoms with Crippen molar-refractivity contribution < 1.29 is 4.79 Å². The predicted octanol–water partition coefficient (Wildman–Crippen LogP) is 5.96. The molecule has 192 valence electrons. The zero-order valence-corrected chi connectivity index (χ0v) is 22.5. The van der Waals surface area contributed by atoms with E-state index in [-0.39, 0.29) is 11.3 Å². The number of aryl methyl sites for hydroxylation is 1. The summed E-state index contributed by atoms with van der Waals surface area (Å²) in [5.74, 6) is 1.59. The molecule has 3 aromatic rings. The molecule has 2 heterocycles. The molecule has 4 heteroatoms. The molecule has 1 aromatic heterocycles. The Hall–Kier alpha value is -2.98. The Balaban J connectivity index is 1.09. The van der Waals surface area contributed by atoms with Crippen LogP contribution in [0.1, 0.15) is 65.9 Å². The predicted molar refractivity (Wildman–Crippen MR) is 150 cm³/mol. The number of pyridine rings is 1. The summed E-state index contributed by atoms with van der Waals surface area (Å²) in [6.45, 7) is 9.99. The smallest absolute Gasteiger partial charge is 0.251 e. The lowest BCUT2D eigenvalue weighted by molar-refractivity contribution is 0.0284. The van der Waals surface area contributed by atoms with Gasteiger partial charge < -0.3 is 5.32 Å². The molecule has 6 rings (SSSR count). The third-order valence-electron chi connectivity index (χ3n) is 9.47. The zero-order valence-electron chi connectivity index (χ0n) is 22.5. The van der Waals surface area contributed by atoms with Crippen LogP contribution >= 0.6 is 0 Å². The Morgan fingerprint density at radius 1 is 1.08 bits per heavy atom. The monoisotopic (exact) mass is 493 g/mol. The van der Waals surface area contributed by atoms with E-state index < -0.39 is 0 Å². The first-order valence-corrected chi connectivity index (χ1v) is 14.1. The van der Waals surface area contributed by atoms with Crippen molar-refractivity contribution in [3.8, 4) is 11.1 Å². The van der Waals surface area contributed by atoms with Crippen LogP contribution < -0.4 is 5.32 Å². The molecular weight excluding hydrogens is 454 g/mol. The van der Waals surface area contributed by atoms with Crippen LogP contribution in [-0.4, -0.2) is 41.5 Å². The molecule has 2 aromatic carbocycles. The minimum absolute atomic E-state index is 0.0368. The highest BCUT2D eigenvalue weighted by Gasteiger charge is 2.49. The summed E-state index contributed by atoms with van der Waals surface area (Å²) in [4.78, 5) is 20.3. The number of hydrogen-bond acceptors (Lipinski definition) is 3. The summed E-state index contributed by atoms with van der Waals surface area (Å²) in [7, 11) is 0. The quantitative estimate of drug-likeness (QED) is 0.441. The van der Waals surface area contributed by atoms with Crippen molar-refractivity contribution in [1.82, 2.24) is 15.2 Å². The van der Waals surface area contributed by atoms with Gasteiger partial charge in [0.1, 0.15) is 0 Å². The Bertz CT molecular complexity index is 1280. The molecule has 0 spiro atoms. The fraction of sp³-hybridized carbons (Fsp3) is 0.455. The van der Waals surface area contributed by atoms with Crippen LogP contribution in [0.5, 0.6) is 0 Å². The van der Waals surface area contributed by atoms with Crippen LogP contribution in [-0.2, 0) is 18.3 Å². The van der Waals surface area contributed by atoms with Crippen molar-refractivity contribution in [2.24, 2.45) is 11.8 Å². The molecule has 4 nitrogen and oxygen atoms in total. The van der Waals surface area contributed by atoms with Crippen molar-refractivity contribution in [3.63, 3.8) is 0 Å². The van der Waals surface area contributed by atoms with Gasteiger partial charge in [-0.15, -0.1) is 0 Å². The lowest BCUT2D eigenvalue weighted by Crippen LogP contribution is -2.58. The SMILES string of the molecule is Cc1ccc(-c2ccc(CCNC(=O)c3ccc4c(c3)[C@]3(C)CCN(CC5CC5)C(C4)C3C)cc2)cn1. The van der Waals surface area contributed by atoms with Crippen molar-refractivity contribution in [3.05, 3.63) is 88.7 Å². The number of aromatic nitrogens is 1. The molecule has 2 bridgehead atoms. The molecule has 3 aliphatic rings. The molecule has 1 saturated carbocycles. The van der Waals surface area contributed by atoms with E-state index in [0.29, 0.717) is 18.5 Å². The van der Waals surface area contributed by atoms with Gasteiger partial charge in [-0.3, -0.25) is 14.7 Å². The summed E-state index contributed by atoms with van der Waals surface area (Å²) in [6, 6.07) is 19.8. The maximum atomic E-state index is 13.1. The number of nitrogens with one attached hydrogen (secondary N) is 1. The minimum Gasteiger partial charge on any atom is -0.352 e. The van der Waals surface area contributed by atoms with Crippen LogP contribution in [0.4, 0.5) is 0 Å². The second-order valence-electron chi connectivity index (χ2n) is 11.9. The van der Waals surface area contributed by atoms with Gasteiger partial charge in [0.2, 0.25) is 0 Å². The number of carbonyl (C=O) groups excluding carboxylic acids is 1. The van der Waals surface area contributed by atoms with E-state index in [1.54, 1.807) is 0 Å². The van der Waals surface area contributed by atoms with Crippen LogP contribution in [0, 0.1) is 18.8 Å². The number of rotatable bonds is 7. The zero-order chi connectivity index (χ0) is 25.6. The highest BCUT2D eigenvalue weighted by atomic mass is 16.1. The Kier molecular flexibility index (Phi) is 6.40. The van der Waals surface area contributed by atoms with E-state index in [0.717, 1.165) is 41.1 Å². The molecular formula is C33H39N3O. The first kappa shape index (κ1) is 24.4. The van der Waals surface area contributed by atoms with Gasteiger partial charge in [-0.05, 0) is 103 Å². The van der Waals surface area contributed by atoms with Crippen molar-refractivity contribution in [1.29, 1.82) is 0 Å². The molecule has 1 amide bonds. The van der Waals surface area contributed by atoms with E-state index in [1.165, 1.54) is 49.0 Å². The second-order valence-corrected chi connectivity index (χ2v) is 11.9. The van der Waals surface area contributed by atoms with Gasteiger partial charge in [-0.25, -0.2) is 0 Å². The summed E-state index contributed by atoms with van der Waals surface area (Å²) in [5.41, 5.74) is 8.36. The van der Waals surface area contributed by atoms with Crippen molar-refractivity contribution in [2.75, 3.05) is 19.6 Å². The van der Waals surface area contributed by atoms with Gasteiger partial charge in [-0.1, -0.05) is 50.2 Å². The van der Waals surface area contributed by atoms with Crippen molar-refractivity contribution in [2.45, 2.75) is 64.3 Å². The maximum Gasteiger partial charge on any atom is 0.251 e. The molecule has 1 aliphatic heterocycles. The van der Waals surface area contributed by atoms with E-state index in [9.17, 15) is 4.79 Å². The molecule has 1 saturated heterocycles. The van der Waals surface area contributed by atoms with E-state index in [2.05, 4.69) is 71.5 Å². The van der Waals surface area contributed by atoms with Gasteiger partial charge in [-0.2, -0.15) is 0 Å². The van der Waals surface area contributed by atoms with Crippen LogP contribution in [0.3, 0.4) is 0 Å². The molecule has 3 atom stereocenters. The average Bonchev–Trinajstić information content (AvgIpc) is 3.73. The average molecular weight is 494 g/mol. The topological polar surface area (TPSA) is 45.2 Å². The standard InChI is InChI=1S/C33H39N3O/c1-22-4-9-29(20-35-22)26-10-7-24(8-11-26)14-16-34-32(37)28-13-12-27-19-31-23(2)33(3,30(27)18-28)15-17-36(31)21-25-5-6-25/h4,7-13,18,20,23,25,31H,5-6,14-17,19,21H2,1-3H3,(H,34,37)/t23?,31?,33-/m1/s1. The number of nitrogens with zero attached hydrogens (tertiary/aromatic N) is 2. The fourth-order valence-corrected chi connectivity index (χ4v) is 6.63. The molecule has 2 aliphatic carbocycles. The first-order chi connectivity index (χ1) is 17.9. The highest BCUT2D eigenvalue weighted by Crippen LogP contribution is 2.49. The third-order valence-corrected chi connectivity index (χ3v) is 9.47. The number of carbonyl (C=O) groups is 1. The summed E-state index contributed by atoms with van der Waals surface area (Å²) >= 11 is 0. The number of hydrogen-bond donors (Lipinski definition) is 1. The first-order valence-electron chi connectivity index (χ1n) is 14.1. The third kappa shape index (κ3) is 4.84. The lowest BCUT2D eigenvalue weighted by Gasteiger charge is -2.55. The number of benzene rings is 2. The maximum absolute atomic E-state index is 13.1. The van der Waals surface area contributed by atoms with Gasteiger partial charge in [0.05, 0.1) is 0 Å². The van der Waals surface area contributed by atoms with Crippen molar-refractivity contribution >= 4 is 5.91 Å². The van der Waals surface area contributed by atoms with Crippen LogP contribution in [0.2, 0.25) is 0 Å². The molecule has 0 radical (unpaired) electrons. The van der Waals surface area contributed by atoms with Gasteiger partial charge >= 0.3 is 0 Å². The second kappa shape index (κ2) is 9.72. The largest absolute Gasteiger partial charge is 0.352 e. The highest BCUT2D eigenvalue weighted by molar-refractivity contribution is 5.94. The Morgan fingerprint density at radius 3 is 2.59 bits per heavy atom. The normalized spacial score (nSPS) is 24.9. The number of likely N-dealkylation sites (tertiary alicyclic amines) is 1. The van der Waals surface area contributed by atoms with Gasteiger partial charge in [0.25, 0.3) is 5.91 Å². The van der Waals surface area contributed by atoms with E-state index in [1.807, 2.05) is 25.3 Å². The van der Waals surface area contributed by atoms with Gasteiger partial charge in [0, 0.05) is 42.1 Å². The van der Waals surface area contributed by atoms with Crippen LogP contribution in [0.25, 0.3) is 11.1 Å². The fourth-order valence-electron chi connectivity index (χ4n) is 6.63. The van der Waals surface area contributed by atoms with Crippen LogP contribution in [0.15, 0.2) is 60.8 Å². The molecule has 2 unspecified atom stereocenters. The Labute approximate surface area is 221 Å². The van der Waals surface area contributed by atoms with Gasteiger partial charge in [0.15, 0.2) is 0 Å². The van der Waals surface area contributed by atoms with E-state index in [4.69, 9.17) is 0 Å². The molecule has 2 fully saturated rings. The molecule has 1 N–H and O–H groups in total. The summed E-state index contributed by atoms with van der Waals surface area (Å²) in [6.07, 6.45) is 7.87. The number of amides is 1. The summed E-state index contributed by atoms with van der Waals surface area (Å²) in [5, 5.41) is 3.16. The summed E-state index contributed by atoms with van der Waals surface area (Å²) < 4.78 is 0.